The number of benzene rings is 1. The van der Waals surface area contributed by atoms with Crippen LogP contribution in [0.3, 0.4) is 0 Å². The van der Waals surface area contributed by atoms with Crippen molar-refractivity contribution in [3.05, 3.63) is 24.4 Å². The number of rotatable bonds is 4. The molecular formula is C14H19N3O2. The third-order valence-corrected chi connectivity index (χ3v) is 3.41. The number of aromatic nitrogens is 2. The highest BCUT2D eigenvalue weighted by Crippen LogP contribution is 2.17. The van der Waals surface area contributed by atoms with Crippen molar-refractivity contribution in [1.29, 1.82) is 0 Å². The van der Waals surface area contributed by atoms with Gasteiger partial charge in [0.05, 0.1) is 24.9 Å². The predicted octanol–water partition coefficient (Wildman–Crippen LogP) is 2.16. The second-order valence-electron chi connectivity index (χ2n) is 4.85. The third-order valence-electron chi connectivity index (χ3n) is 3.41. The molecule has 1 aliphatic rings. The summed E-state index contributed by atoms with van der Waals surface area (Å²) in [5.41, 5.74) is 7.60. The van der Waals surface area contributed by atoms with Crippen molar-refractivity contribution in [2.24, 2.45) is 0 Å². The summed E-state index contributed by atoms with van der Waals surface area (Å²) in [5.74, 6) is 0. The average Bonchev–Trinajstić information content (AvgIpc) is 2.82. The van der Waals surface area contributed by atoms with Crippen LogP contribution in [-0.2, 0) is 16.0 Å². The van der Waals surface area contributed by atoms with E-state index in [2.05, 4.69) is 5.10 Å². The molecule has 0 bridgehead atoms. The highest BCUT2D eigenvalue weighted by atomic mass is 16.7. The van der Waals surface area contributed by atoms with Crippen molar-refractivity contribution < 1.29 is 9.47 Å². The maximum Gasteiger partial charge on any atom is 0.157 e. The van der Waals surface area contributed by atoms with Gasteiger partial charge in [-0.15, -0.1) is 0 Å². The van der Waals surface area contributed by atoms with E-state index in [4.69, 9.17) is 15.2 Å². The molecular weight excluding hydrogens is 242 g/mol. The molecule has 1 aliphatic heterocycles. The molecule has 19 heavy (non-hydrogen) atoms. The maximum atomic E-state index is 5.75. The van der Waals surface area contributed by atoms with Crippen molar-refractivity contribution >= 4 is 16.6 Å². The summed E-state index contributed by atoms with van der Waals surface area (Å²) in [6, 6.07) is 5.82. The van der Waals surface area contributed by atoms with Crippen LogP contribution in [0.25, 0.3) is 10.9 Å². The van der Waals surface area contributed by atoms with Crippen LogP contribution in [0, 0.1) is 0 Å². The Bertz CT molecular complexity index is 547. The molecule has 5 nitrogen and oxygen atoms in total. The van der Waals surface area contributed by atoms with Gasteiger partial charge in [-0.25, -0.2) is 0 Å². The topological polar surface area (TPSA) is 62.3 Å². The molecule has 1 aromatic heterocycles. The minimum atomic E-state index is -0.0359. The van der Waals surface area contributed by atoms with E-state index >= 15 is 0 Å². The first-order chi connectivity index (χ1) is 9.33. The van der Waals surface area contributed by atoms with E-state index < -0.39 is 0 Å². The molecule has 5 heteroatoms. The Morgan fingerprint density at radius 2 is 2.37 bits per heavy atom. The minimum Gasteiger partial charge on any atom is -0.399 e. The van der Waals surface area contributed by atoms with Crippen molar-refractivity contribution in [2.45, 2.75) is 32.1 Å². The highest BCUT2D eigenvalue weighted by Gasteiger charge is 2.13. The molecule has 3 rings (SSSR count). The lowest BCUT2D eigenvalue weighted by Gasteiger charge is -2.22. The van der Waals surface area contributed by atoms with Crippen LogP contribution in [0.2, 0.25) is 0 Å². The predicted molar refractivity (Wildman–Crippen MR) is 73.7 cm³/mol. The number of hydrogen-bond acceptors (Lipinski definition) is 4. The second-order valence-corrected chi connectivity index (χ2v) is 4.85. The summed E-state index contributed by atoms with van der Waals surface area (Å²) >= 11 is 0. The van der Waals surface area contributed by atoms with Crippen molar-refractivity contribution in [3.8, 4) is 0 Å². The number of nitrogens with zero attached hydrogens (tertiary/aromatic N) is 2. The molecule has 1 saturated heterocycles. The Morgan fingerprint density at radius 3 is 3.21 bits per heavy atom. The fourth-order valence-corrected chi connectivity index (χ4v) is 2.40. The second kappa shape index (κ2) is 5.59. The number of hydrogen-bond donors (Lipinski definition) is 1. The van der Waals surface area contributed by atoms with Crippen LogP contribution in [-0.4, -0.2) is 29.3 Å². The molecule has 0 saturated carbocycles. The molecule has 2 heterocycles. The maximum absolute atomic E-state index is 5.75. The van der Waals surface area contributed by atoms with Crippen LogP contribution < -0.4 is 5.73 Å². The van der Waals surface area contributed by atoms with Gasteiger partial charge in [0.2, 0.25) is 0 Å². The summed E-state index contributed by atoms with van der Waals surface area (Å²) < 4.78 is 13.2. The van der Waals surface area contributed by atoms with Gasteiger partial charge in [-0.2, -0.15) is 5.10 Å². The number of nitrogens with two attached hydrogens (primary N) is 1. The van der Waals surface area contributed by atoms with Gasteiger partial charge < -0.3 is 15.2 Å². The van der Waals surface area contributed by atoms with Crippen LogP contribution in [0.1, 0.15) is 19.3 Å². The first-order valence-corrected chi connectivity index (χ1v) is 6.77. The minimum absolute atomic E-state index is 0.0359. The first-order valence-electron chi connectivity index (χ1n) is 6.77. The number of fused-ring (bicyclic) bond motifs is 1. The zero-order chi connectivity index (χ0) is 13.1. The summed E-state index contributed by atoms with van der Waals surface area (Å²) in [4.78, 5) is 0. The van der Waals surface area contributed by atoms with Gasteiger partial charge in [-0.05, 0) is 37.5 Å². The number of ether oxygens (including phenoxy) is 2. The first kappa shape index (κ1) is 12.4. The van der Waals surface area contributed by atoms with Gasteiger partial charge in [0.15, 0.2) is 6.29 Å². The molecule has 2 N–H and O–H groups in total. The monoisotopic (exact) mass is 261 g/mol. The largest absolute Gasteiger partial charge is 0.399 e. The van der Waals surface area contributed by atoms with Crippen molar-refractivity contribution in [1.82, 2.24) is 9.78 Å². The van der Waals surface area contributed by atoms with Gasteiger partial charge in [-0.3, -0.25) is 4.68 Å². The number of anilines is 1. The lowest BCUT2D eigenvalue weighted by Crippen LogP contribution is -2.24. The van der Waals surface area contributed by atoms with Gasteiger partial charge in [0, 0.05) is 17.7 Å². The summed E-state index contributed by atoms with van der Waals surface area (Å²) in [7, 11) is 0. The Labute approximate surface area is 112 Å². The molecule has 1 fully saturated rings. The van der Waals surface area contributed by atoms with Gasteiger partial charge in [0.1, 0.15) is 0 Å². The SMILES string of the molecule is Nc1ccc2c(cnn2CCOC2CCCCO2)c1. The normalized spacial score (nSPS) is 19.9. The zero-order valence-electron chi connectivity index (χ0n) is 10.9. The van der Waals surface area contributed by atoms with Crippen molar-refractivity contribution in [2.75, 3.05) is 18.9 Å². The molecule has 1 unspecified atom stereocenters. The van der Waals surface area contributed by atoms with E-state index in [1.165, 1.54) is 6.42 Å². The molecule has 0 radical (unpaired) electrons. The van der Waals surface area contributed by atoms with E-state index in [-0.39, 0.29) is 6.29 Å². The zero-order valence-corrected chi connectivity index (χ0v) is 10.9. The van der Waals surface area contributed by atoms with E-state index in [1.807, 2.05) is 29.1 Å². The van der Waals surface area contributed by atoms with E-state index in [9.17, 15) is 0 Å². The highest BCUT2D eigenvalue weighted by molar-refractivity contribution is 5.81. The molecule has 0 spiro atoms. The third kappa shape index (κ3) is 2.88. The molecule has 0 amide bonds. The van der Waals surface area contributed by atoms with Crippen molar-refractivity contribution in [3.63, 3.8) is 0 Å². The molecule has 0 aliphatic carbocycles. The van der Waals surface area contributed by atoms with Crippen LogP contribution >= 0.6 is 0 Å². The fourth-order valence-electron chi connectivity index (χ4n) is 2.40. The Balaban J connectivity index is 1.59. The van der Waals surface area contributed by atoms with Crippen LogP contribution in [0.15, 0.2) is 24.4 Å². The van der Waals surface area contributed by atoms with Gasteiger partial charge >= 0.3 is 0 Å². The number of nitrogen functional groups attached to an aromatic ring is 1. The van der Waals surface area contributed by atoms with E-state index in [0.717, 1.165) is 42.6 Å². The Morgan fingerprint density at radius 1 is 1.42 bits per heavy atom. The molecule has 1 atom stereocenters. The quantitative estimate of drug-likeness (QED) is 0.857. The summed E-state index contributed by atoms with van der Waals surface area (Å²) in [5, 5.41) is 5.42. The molecule has 2 aromatic rings. The Hall–Kier alpha value is -1.59. The van der Waals surface area contributed by atoms with E-state index in [1.54, 1.807) is 0 Å². The van der Waals surface area contributed by atoms with Crippen LogP contribution in [0.5, 0.6) is 0 Å². The standard InChI is InChI=1S/C14H19N3O2/c15-12-4-5-13-11(9-12)10-16-17(13)6-8-19-14-3-1-2-7-18-14/h4-5,9-10,14H,1-3,6-8,15H2. The van der Waals surface area contributed by atoms with E-state index in [0.29, 0.717) is 6.61 Å². The lowest BCUT2D eigenvalue weighted by atomic mass is 10.2. The molecule has 102 valence electrons. The lowest BCUT2D eigenvalue weighted by molar-refractivity contribution is -0.163. The van der Waals surface area contributed by atoms with Crippen LogP contribution in [0.4, 0.5) is 5.69 Å². The average molecular weight is 261 g/mol. The Kier molecular flexibility index (Phi) is 3.66. The van der Waals surface area contributed by atoms with Gasteiger partial charge in [-0.1, -0.05) is 0 Å². The molecule has 1 aromatic carbocycles. The summed E-state index contributed by atoms with van der Waals surface area (Å²) in [6.45, 7) is 2.16. The van der Waals surface area contributed by atoms with Gasteiger partial charge in [0.25, 0.3) is 0 Å². The fraction of sp³-hybridized carbons (Fsp3) is 0.500. The smallest absolute Gasteiger partial charge is 0.157 e. The summed E-state index contributed by atoms with van der Waals surface area (Å²) in [6.07, 6.45) is 5.13.